The minimum Gasteiger partial charge on any atom is -0.308 e. The predicted octanol–water partition coefficient (Wildman–Crippen LogP) is 3.48. The van der Waals surface area contributed by atoms with Crippen molar-refractivity contribution in [3.63, 3.8) is 0 Å². The van der Waals surface area contributed by atoms with E-state index >= 15 is 0 Å². The highest BCUT2D eigenvalue weighted by Crippen LogP contribution is 2.31. The summed E-state index contributed by atoms with van der Waals surface area (Å²) in [6.45, 7) is 11.3. The van der Waals surface area contributed by atoms with Crippen molar-refractivity contribution in [3.8, 4) is 6.07 Å². The summed E-state index contributed by atoms with van der Waals surface area (Å²) in [5.74, 6) is 0.222. The normalized spacial score (nSPS) is 26.8. The van der Waals surface area contributed by atoms with Gasteiger partial charge in [0.25, 0.3) is 0 Å². The minimum atomic E-state index is 0.127. The first-order chi connectivity index (χ1) is 7.23. The Balaban J connectivity index is 2.55. The second-order valence-corrected chi connectivity index (χ2v) is 7.04. The monoisotopic (exact) mass is 222 g/mol. The predicted molar refractivity (Wildman–Crippen MR) is 68.0 cm³/mol. The zero-order valence-electron chi connectivity index (χ0n) is 11.4. The lowest BCUT2D eigenvalue weighted by atomic mass is 9.81. The van der Waals surface area contributed by atoms with Crippen LogP contribution >= 0.6 is 0 Å². The topological polar surface area (TPSA) is 35.8 Å². The van der Waals surface area contributed by atoms with Gasteiger partial charge in [-0.15, -0.1) is 0 Å². The molecule has 2 nitrogen and oxygen atoms in total. The van der Waals surface area contributed by atoms with Gasteiger partial charge in [-0.2, -0.15) is 5.26 Å². The van der Waals surface area contributed by atoms with Gasteiger partial charge in [-0.25, -0.2) is 0 Å². The van der Waals surface area contributed by atoms with Gasteiger partial charge in [-0.1, -0.05) is 27.2 Å². The van der Waals surface area contributed by atoms with E-state index in [1.54, 1.807) is 0 Å². The zero-order valence-corrected chi connectivity index (χ0v) is 11.4. The summed E-state index contributed by atoms with van der Waals surface area (Å²) < 4.78 is 0. The van der Waals surface area contributed by atoms with Crippen molar-refractivity contribution in [3.05, 3.63) is 0 Å². The highest BCUT2D eigenvalue weighted by molar-refractivity contribution is 4.99. The van der Waals surface area contributed by atoms with Crippen LogP contribution in [0.2, 0.25) is 0 Å². The van der Waals surface area contributed by atoms with Crippen molar-refractivity contribution in [2.75, 3.05) is 0 Å². The SMILES string of the molecule is CC(C)(C)CC(C)(C)NC1CCCC1C#N. The second-order valence-electron chi connectivity index (χ2n) is 7.04. The van der Waals surface area contributed by atoms with Crippen LogP contribution in [0.5, 0.6) is 0 Å². The first-order valence-electron chi connectivity index (χ1n) is 6.41. The van der Waals surface area contributed by atoms with E-state index in [0.717, 1.165) is 19.3 Å². The number of hydrogen-bond donors (Lipinski definition) is 1. The van der Waals surface area contributed by atoms with E-state index in [-0.39, 0.29) is 11.5 Å². The molecule has 1 saturated carbocycles. The number of hydrogen-bond acceptors (Lipinski definition) is 2. The van der Waals surface area contributed by atoms with Crippen LogP contribution in [-0.4, -0.2) is 11.6 Å². The summed E-state index contributed by atoms with van der Waals surface area (Å²) >= 11 is 0. The molecule has 1 aliphatic carbocycles. The molecule has 0 aromatic rings. The average molecular weight is 222 g/mol. The molecule has 1 rings (SSSR count). The van der Waals surface area contributed by atoms with E-state index in [1.807, 2.05) is 0 Å². The first-order valence-corrected chi connectivity index (χ1v) is 6.41. The summed E-state index contributed by atoms with van der Waals surface area (Å²) in [5.41, 5.74) is 0.458. The Bertz CT molecular complexity index is 267. The molecule has 0 saturated heterocycles. The Hall–Kier alpha value is -0.550. The number of nitriles is 1. The molecule has 2 atom stereocenters. The van der Waals surface area contributed by atoms with Crippen molar-refractivity contribution in [1.29, 1.82) is 5.26 Å². The van der Waals surface area contributed by atoms with Crippen molar-refractivity contribution < 1.29 is 0 Å². The molecule has 0 spiro atoms. The first kappa shape index (κ1) is 13.5. The zero-order chi connectivity index (χ0) is 12.4. The smallest absolute Gasteiger partial charge is 0.0672 e. The van der Waals surface area contributed by atoms with Crippen LogP contribution in [0.3, 0.4) is 0 Å². The van der Waals surface area contributed by atoms with E-state index in [9.17, 15) is 0 Å². The number of nitrogens with one attached hydrogen (secondary N) is 1. The quantitative estimate of drug-likeness (QED) is 0.793. The molecular weight excluding hydrogens is 196 g/mol. The van der Waals surface area contributed by atoms with Crippen LogP contribution in [0.4, 0.5) is 0 Å². The molecule has 16 heavy (non-hydrogen) atoms. The highest BCUT2D eigenvalue weighted by Gasteiger charge is 2.33. The molecule has 2 unspecified atom stereocenters. The maximum absolute atomic E-state index is 9.08. The van der Waals surface area contributed by atoms with Crippen molar-refractivity contribution in [2.24, 2.45) is 11.3 Å². The molecule has 0 aromatic carbocycles. The highest BCUT2D eigenvalue weighted by atomic mass is 15.0. The molecule has 0 bridgehead atoms. The molecule has 0 radical (unpaired) electrons. The Kier molecular flexibility index (Phi) is 4.02. The fourth-order valence-corrected chi connectivity index (χ4v) is 3.17. The van der Waals surface area contributed by atoms with Gasteiger partial charge >= 0.3 is 0 Å². The summed E-state index contributed by atoms with van der Waals surface area (Å²) in [6.07, 6.45) is 4.56. The van der Waals surface area contributed by atoms with Gasteiger partial charge in [-0.3, -0.25) is 0 Å². The third-order valence-corrected chi connectivity index (χ3v) is 3.23. The molecule has 1 aliphatic rings. The second kappa shape index (κ2) is 4.75. The fraction of sp³-hybridized carbons (Fsp3) is 0.929. The largest absolute Gasteiger partial charge is 0.308 e. The van der Waals surface area contributed by atoms with Gasteiger partial charge in [0.1, 0.15) is 0 Å². The molecule has 2 heteroatoms. The van der Waals surface area contributed by atoms with E-state index in [2.05, 4.69) is 46.0 Å². The maximum atomic E-state index is 9.08. The summed E-state index contributed by atoms with van der Waals surface area (Å²) in [7, 11) is 0. The van der Waals surface area contributed by atoms with Crippen LogP contribution < -0.4 is 5.32 Å². The van der Waals surface area contributed by atoms with Gasteiger partial charge in [-0.05, 0) is 38.5 Å². The Morgan fingerprint density at radius 1 is 1.19 bits per heavy atom. The standard InChI is InChI=1S/C14H26N2/c1-13(2,3)10-14(4,5)16-12-8-6-7-11(12)9-15/h11-12,16H,6-8,10H2,1-5H3. The van der Waals surface area contributed by atoms with Gasteiger partial charge < -0.3 is 5.32 Å². The van der Waals surface area contributed by atoms with E-state index in [1.165, 1.54) is 6.42 Å². The summed E-state index contributed by atoms with van der Waals surface area (Å²) in [6, 6.07) is 2.84. The summed E-state index contributed by atoms with van der Waals surface area (Å²) in [4.78, 5) is 0. The van der Waals surface area contributed by atoms with Gasteiger partial charge in [0.05, 0.1) is 12.0 Å². The van der Waals surface area contributed by atoms with Crippen molar-refractivity contribution >= 4 is 0 Å². The van der Waals surface area contributed by atoms with Crippen molar-refractivity contribution in [2.45, 2.75) is 71.9 Å². The Morgan fingerprint density at radius 2 is 1.81 bits per heavy atom. The molecule has 1 fully saturated rings. The molecule has 1 N–H and O–H groups in total. The number of rotatable bonds is 3. The third kappa shape index (κ3) is 4.14. The molecular formula is C14H26N2. The molecule has 0 heterocycles. The Morgan fingerprint density at radius 3 is 2.31 bits per heavy atom. The Labute approximate surface area is 100 Å². The molecule has 0 aliphatic heterocycles. The van der Waals surface area contributed by atoms with Crippen molar-refractivity contribution in [1.82, 2.24) is 5.32 Å². The minimum absolute atomic E-state index is 0.127. The van der Waals surface area contributed by atoms with Crippen LogP contribution in [0, 0.1) is 22.7 Å². The van der Waals surface area contributed by atoms with Crippen LogP contribution in [0.1, 0.15) is 60.3 Å². The lowest BCUT2D eigenvalue weighted by molar-refractivity contribution is 0.215. The van der Waals surface area contributed by atoms with Gasteiger partial charge in [0.15, 0.2) is 0 Å². The summed E-state index contributed by atoms with van der Waals surface area (Å²) in [5, 5.41) is 12.8. The van der Waals surface area contributed by atoms with Crippen LogP contribution in [0.15, 0.2) is 0 Å². The molecule has 92 valence electrons. The maximum Gasteiger partial charge on any atom is 0.0672 e. The van der Waals surface area contributed by atoms with Gasteiger partial charge in [0, 0.05) is 11.6 Å². The van der Waals surface area contributed by atoms with Gasteiger partial charge in [0.2, 0.25) is 0 Å². The molecule has 0 aromatic heterocycles. The van der Waals surface area contributed by atoms with E-state index in [4.69, 9.17) is 5.26 Å². The van der Waals surface area contributed by atoms with Crippen LogP contribution in [0.25, 0.3) is 0 Å². The third-order valence-electron chi connectivity index (χ3n) is 3.23. The lowest BCUT2D eigenvalue weighted by Gasteiger charge is -2.36. The van der Waals surface area contributed by atoms with E-state index < -0.39 is 0 Å². The lowest BCUT2D eigenvalue weighted by Crippen LogP contribution is -2.49. The fourth-order valence-electron chi connectivity index (χ4n) is 3.17. The number of nitrogens with zero attached hydrogens (tertiary/aromatic N) is 1. The molecule has 0 amide bonds. The van der Waals surface area contributed by atoms with Crippen LogP contribution in [-0.2, 0) is 0 Å². The van der Waals surface area contributed by atoms with E-state index in [0.29, 0.717) is 11.5 Å². The average Bonchev–Trinajstić information content (AvgIpc) is 2.45.